The maximum atomic E-state index is 13.3. The van der Waals surface area contributed by atoms with Gasteiger partial charge in [0.15, 0.2) is 7.14 Å². The number of nitro groups is 2. The van der Waals surface area contributed by atoms with Gasteiger partial charge in [-0.1, -0.05) is 52.0 Å². The van der Waals surface area contributed by atoms with Crippen molar-refractivity contribution in [2.75, 3.05) is 0 Å². The first-order valence-corrected chi connectivity index (χ1v) is 15.1. The average Bonchev–Trinajstić information content (AvgIpc) is 2.82. The van der Waals surface area contributed by atoms with Gasteiger partial charge in [0.1, 0.15) is 4.90 Å². The average molecular weight is 612 g/mol. The minimum absolute atomic E-state index is 0.284. The maximum Gasteiger partial charge on any atom is 0.336 e. The molecule has 35 heavy (non-hydrogen) atoms. The number of nitro benzene ring substituents is 2. The third kappa shape index (κ3) is 6.41. The second-order valence-electron chi connectivity index (χ2n) is 8.38. The second kappa shape index (κ2) is 10.8. The summed E-state index contributed by atoms with van der Waals surface area (Å²) in [7, 11) is -4.56. The van der Waals surface area contributed by atoms with Crippen molar-refractivity contribution in [3.8, 4) is 0 Å². The normalized spacial score (nSPS) is 11.9. The molecule has 3 aromatic rings. The Morgan fingerprint density at radius 3 is 1.40 bits per heavy atom. The molecule has 3 aromatic carbocycles. The zero-order valence-electron chi connectivity index (χ0n) is 19.5. The van der Waals surface area contributed by atoms with E-state index in [9.17, 15) is 28.6 Å². The van der Waals surface area contributed by atoms with Crippen LogP contribution in [0.25, 0.3) is 0 Å². The summed E-state index contributed by atoms with van der Waals surface area (Å²) in [4.78, 5) is 20.1. The molecule has 3 rings (SSSR count). The first-order valence-electron chi connectivity index (χ1n) is 10.7. The van der Waals surface area contributed by atoms with Crippen molar-refractivity contribution in [3.63, 3.8) is 0 Å². The molecule has 0 spiro atoms. The van der Waals surface area contributed by atoms with E-state index in [0.29, 0.717) is 13.2 Å². The van der Waals surface area contributed by atoms with E-state index in [1.807, 2.05) is 76.2 Å². The van der Waals surface area contributed by atoms with Crippen LogP contribution in [0.5, 0.6) is 0 Å². The topological polar surface area (TPSA) is 130 Å². The van der Waals surface area contributed by atoms with Gasteiger partial charge in [0.2, 0.25) is 0 Å². The highest BCUT2D eigenvalue weighted by molar-refractivity contribution is 7.86. The lowest BCUT2D eigenvalue weighted by molar-refractivity contribution is -1.03. The van der Waals surface area contributed by atoms with Crippen molar-refractivity contribution < 1.29 is 41.0 Å². The second-order valence-corrected chi connectivity index (χ2v) is 14.9. The fourth-order valence-electron chi connectivity index (χ4n) is 3.17. The van der Waals surface area contributed by atoms with Gasteiger partial charge in [0, 0.05) is 12.1 Å². The van der Waals surface area contributed by atoms with Crippen molar-refractivity contribution >= 4 is 21.5 Å². The van der Waals surface area contributed by atoms with E-state index in [0.717, 1.165) is 23.3 Å². The predicted molar refractivity (Wildman–Crippen MR) is 126 cm³/mol. The molecule has 0 fully saturated rings. The van der Waals surface area contributed by atoms with E-state index in [-0.39, 0.29) is 11.8 Å². The van der Waals surface area contributed by atoms with Gasteiger partial charge >= 0.3 is 30.4 Å². The molecule has 185 valence electrons. The number of hydrogen-bond acceptors (Lipinski definition) is 7. The van der Waals surface area contributed by atoms with Crippen LogP contribution in [0, 0.1) is 27.4 Å². The summed E-state index contributed by atoms with van der Waals surface area (Å²) in [6.45, 7) is 8.19. The monoisotopic (exact) mass is 612 g/mol. The van der Waals surface area contributed by atoms with Gasteiger partial charge in [-0.25, -0.2) is 0 Å². The van der Waals surface area contributed by atoms with Crippen LogP contribution in [0.15, 0.2) is 71.6 Å². The molecule has 0 aromatic heterocycles. The Bertz CT molecular complexity index is 1260. The van der Waals surface area contributed by atoms with Crippen molar-refractivity contribution in [3.05, 3.63) is 105 Å². The maximum absolute atomic E-state index is 13.3. The van der Waals surface area contributed by atoms with Gasteiger partial charge < -0.3 is 0 Å². The standard InChI is InChI=1S/C24H25IN2O7S/c1-16(2)18-5-9-20(10-6-18)25(21-11-7-19(8-12-21)17(3)4)34-35(32,33)24-14-22(26(28)29)13-23(15-24)27(30)31/h5-17H,1-4H3/q+1. The van der Waals surface area contributed by atoms with E-state index in [1.54, 1.807) is 0 Å². The van der Waals surface area contributed by atoms with E-state index >= 15 is 0 Å². The van der Waals surface area contributed by atoms with Crippen LogP contribution in [0.1, 0.15) is 50.7 Å². The van der Waals surface area contributed by atoms with E-state index in [1.165, 1.54) is 0 Å². The number of benzene rings is 3. The van der Waals surface area contributed by atoms with Gasteiger partial charge in [-0.3, -0.25) is 20.2 Å². The quantitative estimate of drug-likeness (QED) is 0.207. The first kappa shape index (κ1) is 26.7. The first-order chi connectivity index (χ1) is 16.4. The molecule has 0 atom stereocenters. The lowest BCUT2D eigenvalue weighted by Crippen LogP contribution is -3.85. The molecule has 0 aliphatic carbocycles. The highest BCUT2D eigenvalue weighted by Gasteiger charge is 2.39. The van der Waals surface area contributed by atoms with Gasteiger partial charge in [0.05, 0.1) is 15.9 Å². The summed E-state index contributed by atoms with van der Waals surface area (Å²) in [6, 6.07) is 17.3. The molecule has 0 aliphatic heterocycles. The number of nitrogens with zero attached hydrogens (tertiary/aromatic N) is 2. The summed E-state index contributed by atoms with van der Waals surface area (Å²) in [5.74, 6) is 0.568. The third-order valence-corrected chi connectivity index (χ3v) is 12.5. The minimum atomic E-state index is -4.56. The molecule has 11 heteroatoms. The Kier molecular flexibility index (Phi) is 8.23. The molecular formula is C24H25IN2O7S+. The summed E-state index contributed by atoms with van der Waals surface area (Å²) >= 11 is -3.09. The van der Waals surface area contributed by atoms with E-state index < -0.39 is 56.5 Å². The van der Waals surface area contributed by atoms with Crippen LogP contribution in [0.3, 0.4) is 0 Å². The molecule has 9 nitrogen and oxygen atoms in total. The van der Waals surface area contributed by atoms with Crippen molar-refractivity contribution in [1.29, 1.82) is 0 Å². The minimum Gasteiger partial charge on any atom is -0.258 e. The third-order valence-electron chi connectivity index (χ3n) is 5.20. The Morgan fingerprint density at radius 2 is 1.09 bits per heavy atom. The number of non-ortho nitro benzene ring substituents is 2. The van der Waals surface area contributed by atoms with Gasteiger partial charge in [-0.15, -0.1) is 0 Å². The van der Waals surface area contributed by atoms with Crippen molar-refractivity contribution in [2.24, 2.45) is 0 Å². The Labute approximate surface area is 211 Å². The molecule has 0 aliphatic rings. The van der Waals surface area contributed by atoms with Crippen LogP contribution in [-0.2, 0) is 12.6 Å². The lowest BCUT2D eigenvalue weighted by atomic mass is 10.0. The van der Waals surface area contributed by atoms with Crippen LogP contribution >= 0.6 is 0 Å². The fraction of sp³-hybridized carbons (Fsp3) is 0.250. The number of halogens is 1. The summed E-state index contributed by atoms with van der Waals surface area (Å²) in [5.41, 5.74) is 0.752. The molecule has 0 saturated heterocycles. The smallest absolute Gasteiger partial charge is 0.258 e. The highest BCUT2D eigenvalue weighted by atomic mass is 127. The van der Waals surface area contributed by atoms with Crippen molar-refractivity contribution in [2.45, 2.75) is 44.4 Å². The molecule has 0 saturated carbocycles. The van der Waals surface area contributed by atoms with Gasteiger partial charge in [-0.2, -0.15) is 8.42 Å². The molecule has 0 heterocycles. The molecule has 0 amide bonds. The van der Waals surface area contributed by atoms with Crippen LogP contribution in [-0.4, -0.2) is 18.3 Å². The molecule has 1 radical (unpaired) electrons. The largest absolute Gasteiger partial charge is 0.336 e. The molecule has 0 unspecified atom stereocenters. The number of hydrogen-bond donors (Lipinski definition) is 0. The molecule has 0 N–H and O–H groups in total. The number of rotatable bonds is 9. The molecular weight excluding hydrogens is 587 g/mol. The van der Waals surface area contributed by atoms with E-state index in [4.69, 9.17) is 2.51 Å². The summed E-state index contributed by atoms with van der Waals surface area (Å²) in [6.07, 6.45) is 0. The van der Waals surface area contributed by atoms with Crippen molar-refractivity contribution in [1.82, 2.24) is 0 Å². The zero-order chi connectivity index (χ0) is 25.9. The van der Waals surface area contributed by atoms with Gasteiger partial charge in [0.25, 0.3) is 11.4 Å². The lowest BCUT2D eigenvalue weighted by Gasteiger charge is -2.10. The summed E-state index contributed by atoms with van der Waals surface area (Å²) in [5, 5.41) is 22.5. The molecule has 0 bridgehead atoms. The highest BCUT2D eigenvalue weighted by Crippen LogP contribution is 2.26. The van der Waals surface area contributed by atoms with E-state index in [2.05, 4.69) is 0 Å². The fourth-order valence-corrected chi connectivity index (χ4v) is 10.1. The Balaban J connectivity index is 2.10. The van der Waals surface area contributed by atoms with Crippen LogP contribution < -0.4 is 20.2 Å². The van der Waals surface area contributed by atoms with Crippen LogP contribution in [0.2, 0.25) is 0 Å². The van der Waals surface area contributed by atoms with Crippen LogP contribution in [0.4, 0.5) is 11.4 Å². The zero-order valence-corrected chi connectivity index (χ0v) is 22.5. The summed E-state index contributed by atoms with van der Waals surface area (Å²) < 4.78 is 33.7. The Morgan fingerprint density at radius 1 is 0.714 bits per heavy atom. The Hall–Kier alpha value is -2.90. The SMILES string of the molecule is CC(C)c1ccc([I+](OS(=O)(=O)c2cc([N+](=O)[O-])cc([N+](=O)[O-])c2)c2ccc(C(C)C)cc2)cc1. The van der Waals surface area contributed by atoms with Gasteiger partial charge in [-0.05, 0) is 49.7 Å². The predicted octanol–water partition coefficient (Wildman–Crippen LogP) is 2.73.